The summed E-state index contributed by atoms with van der Waals surface area (Å²) < 4.78 is 5.19. The van der Waals surface area contributed by atoms with Crippen LogP contribution < -0.4 is 11.3 Å². The molecule has 0 fully saturated rings. The normalized spacial score (nSPS) is 10.3. The Bertz CT molecular complexity index is 476. The number of aromatic nitrogens is 1. The van der Waals surface area contributed by atoms with Gasteiger partial charge in [0.05, 0.1) is 6.26 Å². The number of nitrogens with two attached hydrogens (primary N) is 1. The van der Waals surface area contributed by atoms with Crippen LogP contribution in [-0.4, -0.2) is 10.9 Å². The van der Waals surface area contributed by atoms with Crippen LogP contribution in [0, 0.1) is 6.92 Å². The van der Waals surface area contributed by atoms with E-state index in [0.29, 0.717) is 16.5 Å². The third-order valence-corrected chi connectivity index (χ3v) is 2.86. The van der Waals surface area contributed by atoms with Gasteiger partial charge in [-0.15, -0.1) is 11.3 Å². The van der Waals surface area contributed by atoms with Gasteiger partial charge >= 0.3 is 0 Å². The maximum atomic E-state index is 11.3. The molecule has 6 heteroatoms. The predicted octanol–water partition coefficient (Wildman–Crippen LogP) is 1.32. The van der Waals surface area contributed by atoms with Gasteiger partial charge in [-0.05, 0) is 19.1 Å². The van der Waals surface area contributed by atoms with E-state index in [1.165, 1.54) is 11.3 Å². The average Bonchev–Trinajstić information content (AvgIpc) is 2.84. The number of carbonyl (C=O) groups excluding carboxylic acids is 1. The van der Waals surface area contributed by atoms with E-state index < -0.39 is 0 Å². The quantitative estimate of drug-likeness (QED) is 0.457. The molecule has 0 unspecified atom stereocenters. The summed E-state index contributed by atoms with van der Waals surface area (Å²) in [5.74, 6) is 5.31. The summed E-state index contributed by atoms with van der Waals surface area (Å²) in [6, 6.07) is 3.57. The number of furan rings is 1. The fraction of sp³-hybridized carbons (Fsp3) is 0.111. The maximum Gasteiger partial charge on any atom is 0.284 e. The summed E-state index contributed by atoms with van der Waals surface area (Å²) in [5.41, 5.74) is 2.40. The zero-order valence-corrected chi connectivity index (χ0v) is 8.80. The fourth-order valence-electron chi connectivity index (χ4n) is 1.18. The third-order valence-electron chi connectivity index (χ3n) is 1.87. The second-order valence-corrected chi connectivity index (χ2v) is 4.08. The van der Waals surface area contributed by atoms with Gasteiger partial charge in [-0.25, -0.2) is 10.8 Å². The molecule has 0 aliphatic rings. The lowest BCUT2D eigenvalue weighted by Crippen LogP contribution is -2.30. The molecule has 78 valence electrons. The van der Waals surface area contributed by atoms with E-state index in [2.05, 4.69) is 10.4 Å². The Morgan fingerprint density at radius 3 is 3.07 bits per heavy atom. The Morgan fingerprint density at radius 1 is 1.67 bits per heavy atom. The van der Waals surface area contributed by atoms with Gasteiger partial charge in [-0.1, -0.05) is 0 Å². The zero-order valence-electron chi connectivity index (χ0n) is 7.98. The van der Waals surface area contributed by atoms with Crippen LogP contribution in [0.2, 0.25) is 0 Å². The smallest absolute Gasteiger partial charge is 0.284 e. The van der Waals surface area contributed by atoms with Crippen molar-refractivity contribution in [1.82, 2.24) is 10.4 Å². The van der Waals surface area contributed by atoms with E-state index in [-0.39, 0.29) is 5.91 Å². The number of nitrogens with one attached hydrogen (secondary N) is 1. The molecular formula is C9H9N3O2S. The van der Waals surface area contributed by atoms with E-state index >= 15 is 0 Å². The number of thiazole rings is 1. The topological polar surface area (TPSA) is 81.2 Å². The molecule has 0 spiro atoms. The van der Waals surface area contributed by atoms with Crippen LogP contribution >= 0.6 is 11.3 Å². The number of rotatable bonds is 2. The number of hydrazine groups is 1. The lowest BCUT2D eigenvalue weighted by molar-refractivity contribution is 0.0949. The first kappa shape index (κ1) is 9.88. The highest BCUT2D eigenvalue weighted by atomic mass is 32.1. The largest absolute Gasteiger partial charge is 0.462 e. The molecule has 0 radical (unpaired) electrons. The molecule has 5 nitrogen and oxygen atoms in total. The Balaban J connectivity index is 2.41. The Morgan fingerprint density at radius 2 is 2.47 bits per heavy atom. The van der Waals surface area contributed by atoms with Crippen molar-refractivity contribution in [3.05, 3.63) is 29.0 Å². The predicted molar refractivity (Wildman–Crippen MR) is 56.2 cm³/mol. The van der Waals surface area contributed by atoms with E-state index in [9.17, 15) is 4.79 Å². The summed E-state index contributed by atoms with van der Waals surface area (Å²) in [6.45, 7) is 1.81. The van der Waals surface area contributed by atoms with Gasteiger partial charge in [0.2, 0.25) is 0 Å². The van der Waals surface area contributed by atoms with Gasteiger partial charge in [0.1, 0.15) is 5.69 Å². The van der Waals surface area contributed by atoms with Crippen LogP contribution in [0.3, 0.4) is 0 Å². The number of carbonyl (C=O) groups is 1. The van der Waals surface area contributed by atoms with Gasteiger partial charge in [-0.2, -0.15) is 0 Å². The summed E-state index contributed by atoms with van der Waals surface area (Å²) in [6.07, 6.45) is 1.56. The Hall–Kier alpha value is -1.66. The fourth-order valence-corrected chi connectivity index (χ4v) is 2.06. The number of amides is 1. The lowest BCUT2D eigenvalue weighted by atomic mass is 10.3. The summed E-state index contributed by atoms with van der Waals surface area (Å²) in [5, 5.41) is 0.677. The molecule has 0 atom stereocenters. The highest BCUT2D eigenvalue weighted by Crippen LogP contribution is 2.27. The summed E-state index contributed by atoms with van der Waals surface area (Å²) >= 11 is 1.39. The monoisotopic (exact) mass is 223 g/mol. The number of hydrogen-bond donors (Lipinski definition) is 2. The van der Waals surface area contributed by atoms with Crippen molar-refractivity contribution in [2.75, 3.05) is 0 Å². The standard InChI is InChI=1S/C9H9N3O2S/c1-5-7(8(13)12-10)11-9(15-5)6-3-2-4-14-6/h2-4H,10H2,1H3,(H,12,13). The third kappa shape index (κ3) is 1.77. The molecule has 2 aromatic rings. The van der Waals surface area contributed by atoms with Crippen LogP contribution in [0.15, 0.2) is 22.8 Å². The lowest BCUT2D eigenvalue weighted by Gasteiger charge is -1.93. The second-order valence-electron chi connectivity index (χ2n) is 2.87. The van der Waals surface area contributed by atoms with Crippen molar-refractivity contribution in [3.63, 3.8) is 0 Å². The molecule has 0 saturated heterocycles. The first-order valence-corrected chi connectivity index (χ1v) is 5.06. The molecule has 2 rings (SSSR count). The van der Waals surface area contributed by atoms with Crippen LogP contribution in [0.1, 0.15) is 15.4 Å². The van der Waals surface area contributed by atoms with Crippen LogP contribution in [0.25, 0.3) is 10.8 Å². The first-order chi connectivity index (χ1) is 7.22. The van der Waals surface area contributed by atoms with Gasteiger partial charge in [0.15, 0.2) is 10.8 Å². The number of hydrogen-bond acceptors (Lipinski definition) is 5. The molecule has 2 heterocycles. The highest BCUT2D eigenvalue weighted by molar-refractivity contribution is 7.15. The van der Waals surface area contributed by atoms with Gasteiger partial charge in [0, 0.05) is 4.88 Å². The van der Waals surface area contributed by atoms with Crippen molar-refractivity contribution in [2.24, 2.45) is 5.84 Å². The van der Waals surface area contributed by atoms with E-state index in [4.69, 9.17) is 10.3 Å². The van der Waals surface area contributed by atoms with E-state index in [1.54, 1.807) is 18.4 Å². The van der Waals surface area contributed by atoms with Gasteiger partial charge in [-0.3, -0.25) is 10.2 Å². The van der Waals surface area contributed by atoms with Crippen LogP contribution in [0.4, 0.5) is 0 Å². The molecular weight excluding hydrogens is 214 g/mol. The molecule has 1 amide bonds. The Kier molecular flexibility index (Phi) is 2.53. The molecule has 0 bridgehead atoms. The molecule has 0 saturated carbocycles. The van der Waals surface area contributed by atoms with Crippen molar-refractivity contribution < 1.29 is 9.21 Å². The number of nitrogen functional groups attached to an aromatic ring is 1. The number of nitrogens with zero attached hydrogens (tertiary/aromatic N) is 1. The summed E-state index contributed by atoms with van der Waals surface area (Å²) in [4.78, 5) is 16.3. The average molecular weight is 223 g/mol. The highest BCUT2D eigenvalue weighted by Gasteiger charge is 2.16. The first-order valence-electron chi connectivity index (χ1n) is 4.24. The number of aryl methyl sites for hydroxylation is 1. The molecule has 0 aliphatic carbocycles. The van der Waals surface area contributed by atoms with Crippen LogP contribution in [0.5, 0.6) is 0 Å². The van der Waals surface area contributed by atoms with Gasteiger partial charge < -0.3 is 4.42 Å². The minimum Gasteiger partial charge on any atom is -0.462 e. The zero-order chi connectivity index (χ0) is 10.8. The molecule has 15 heavy (non-hydrogen) atoms. The molecule has 3 N–H and O–H groups in total. The van der Waals surface area contributed by atoms with Crippen molar-refractivity contribution in [3.8, 4) is 10.8 Å². The SMILES string of the molecule is Cc1sc(-c2ccco2)nc1C(=O)NN. The minimum absolute atomic E-state index is 0.342. The van der Waals surface area contributed by atoms with Crippen molar-refractivity contribution in [1.29, 1.82) is 0 Å². The van der Waals surface area contributed by atoms with E-state index in [0.717, 1.165) is 4.88 Å². The molecule has 0 aliphatic heterocycles. The maximum absolute atomic E-state index is 11.3. The Labute approximate surface area is 89.9 Å². The van der Waals surface area contributed by atoms with E-state index in [1.807, 2.05) is 6.92 Å². The summed E-state index contributed by atoms with van der Waals surface area (Å²) in [7, 11) is 0. The van der Waals surface area contributed by atoms with Crippen LogP contribution in [-0.2, 0) is 0 Å². The minimum atomic E-state index is -0.387. The second kappa shape index (κ2) is 3.84. The van der Waals surface area contributed by atoms with Crippen molar-refractivity contribution in [2.45, 2.75) is 6.92 Å². The van der Waals surface area contributed by atoms with Gasteiger partial charge in [0.25, 0.3) is 5.91 Å². The van der Waals surface area contributed by atoms with Crippen molar-refractivity contribution >= 4 is 17.2 Å². The molecule has 0 aromatic carbocycles. The molecule has 2 aromatic heterocycles.